The van der Waals surface area contributed by atoms with Gasteiger partial charge < -0.3 is 14.7 Å². The van der Waals surface area contributed by atoms with Gasteiger partial charge in [-0.3, -0.25) is 15.5 Å². The number of ether oxygens (including phenoxy) is 1. The monoisotopic (exact) mass is 545 g/mol. The number of aromatic nitrogens is 1. The standard InChI is InChI=1S/C22H20BrN5O5S/c23-16-11-14(5-6-20(16)27-7-9-33-10-8-27)18-13-34-22(24-18)26-25-17(21(29)30)12-15-3-1-2-4-19(15)28(31)32/h1-6,11,13H,7-10,12H2,(H,24,26)(H,29,30)/b25-17-. The van der Waals surface area contributed by atoms with Crippen molar-refractivity contribution in [2.24, 2.45) is 5.10 Å². The Kier molecular flexibility index (Phi) is 7.50. The number of carboxylic acids is 1. The average Bonchev–Trinajstić information content (AvgIpc) is 3.31. The lowest BCUT2D eigenvalue weighted by atomic mass is 10.1. The molecule has 1 aliphatic heterocycles. The molecule has 1 fully saturated rings. The van der Waals surface area contributed by atoms with Gasteiger partial charge in [-0.25, -0.2) is 9.78 Å². The zero-order valence-electron chi connectivity index (χ0n) is 17.8. The lowest BCUT2D eigenvalue weighted by Gasteiger charge is -2.29. The maximum absolute atomic E-state index is 11.7. The Morgan fingerprint density at radius 3 is 2.76 bits per heavy atom. The molecule has 176 valence electrons. The molecule has 0 atom stereocenters. The van der Waals surface area contributed by atoms with E-state index in [0.717, 1.165) is 28.8 Å². The highest BCUT2D eigenvalue weighted by atomic mass is 79.9. The summed E-state index contributed by atoms with van der Waals surface area (Å²) in [5.74, 6) is -1.27. The molecule has 1 saturated heterocycles. The van der Waals surface area contributed by atoms with Gasteiger partial charge in [0.25, 0.3) is 5.69 Å². The Labute approximate surface area is 207 Å². The van der Waals surface area contributed by atoms with Gasteiger partial charge in [0.15, 0.2) is 0 Å². The summed E-state index contributed by atoms with van der Waals surface area (Å²) < 4.78 is 6.36. The summed E-state index contributed by atoms with van der Waals surface area (Å²) >= 11 is 4.92. The molecule has 0 bridgehead atoms. The van der Waals surface area contributed by atoms with Gasteiger partial charge in [0.2, 0.25) is 5.13 Å². The molecule has 4 rings (SSSR count). The number of hydrogen-bond donors (Lipinski definition) is 2. The Morgan fingerprint density at radius 1 is 1.29 bits per heavy atom. The molecule has 0 radical (unpaired) electrons. The van der Waals surface area contributed by atoms with Crippen LogP contribution in [0.1, 0.15) is 5.56 Å². The number of para-hydroxylation sites is 1. The number of thiazole rings is 1. The van der Waals surface area contributed by atoms with E-state index in [1.54, 1.807) is 6.07 Å². The van der Waals surface area contributed by atoms with Crippen molar-refractivity contribution in [3.8, 4) is 11.3 Å². The molecule has 0 amide bonds. The van der Waals surface area contributed by atoms with E-state index in [1.165, 1.54) is 29.5 Å². The van der Waals surface area contributed by atoms with E-state index in [2.05, 4.69) is 36.3 Å². The number of nitro benzene ring substituents is 1. The van der Waals surface area contributed by atoms with Crippen molar-refractivity contribution in [2.45, 2.75) is 6.42 Å². The van der Waals surface area contributed by atoms with Gasteiger partial charge >= 0.3 is 5.97 Å². The smallest absolute Gasteiger partial charge is 0.352 e. The molecule has 10 nitrogen and oxygen atoms in total. The van der Waals surface area contributed by atoms with Gasteiger partial charge in [-0.1, -0.05) is 24.3 Å². The molecular formula is C22H20BrN5O5S. The zero-order chi connectivity index (χ0) is 24.1. The molecule has 0 spiro atoms. The third kappa shape index (κ3) is 5.58. The number of carboxylic acid groups (broad SMARTS) is 1. The Hall–Kier alpha value is -3.35. The van der Waals surface area contributed by atoms with Crippen molar-refractivity contribution in [2.75, 3.05) is 36.6 Å². The summed E-state index contributed by atoms with van der Waals surface area (Å²) in [6.07, 6.45) is -0.201. The predicted molar refractivity (Wildman–Crippen MR) is 134 cm³/mol. The van der Waals surface area contributed by atoms with Crippen molar-refractivity contribution in [3.05, 3.63) is 68.0 Å². The van der Waals surface area contributed by atoms with Crippen molar-refractivity contribution in [1.82, 2.24) is 4.98 Å². The van der Waals surface area contributed by atoms with Crippen LogP contribution in [0.25, 0.3) is 11.3 Å². The van der Waals surface area contributed by atoms with E-state index in [9.17, 15) is 20.0 Å². The molecule has 2 aromatic carbocycles. The van der Waals surface area contributed by atoms with Crippen LogP contribution in [0.5, 0.6) is 0 Å². The topological polar surface area (TPSA) is 130 Å². The van der Waals surface area contributed by atoms with Crippen molar-refractivity contribution in [1.29, 1.82) is 0 Å². The van der Waals surface area contributed by atoms with Crippen LogP contribution in [-0.2, 0) is 16.0 Å². The number of hydrazone groups is 1. The van der Waals surface area contributed by atoms with E-state index in [4.69, 9.17) is 4.74 Å². The lowest BCUT2D eigenvalue weighted by molar-refractivity contribution is -0.385. The number of nitro groups is 1. The first-order chi connectivity index (χ1) is 16.4. The first-order valence-electron chi connectivity index (χ1n) is 10.3. The Balaban J connectivity index is 1.49. The number of nitrogens with one attached hydrogen (secondary N) is 1. The summed E-state index contributed by atoms with van der Waals surface area (Å²) in [5, 5.41) is 26.9. The Bertz CT molecular complexity index is 1240. The van der Waals surface area contributed by atoms with Crippen molar-refractivity contribution in [3.63, 3.8) is 0 Å². The summed E-state index contributed by atoms with van der Waals surface area (Å²) in [4.78, 5) is 29.1. The largest absolute Gasteiger partial charge is 0.477 e. The maximum Gasteiger partial charge on any atom is 0.352 e. The maximum atomic E-state index is 11.7. The van der Waals surface area contributed by atoms with Crippen LogP contribution in [0, 0.1) is 10.1 Å². The van der Waals surface area contributed by atoms with Crippen LogP contribution in [-0.4, -0.2) is 53.0 Å². The second kappa shape index (κ2) is 10.7. The molecule has 0 saturated carbocycles. The number of rotatable bonds is 8. The van der Waals surface area contributed by atoms with Crippen molar-refractivity contribution < 1.29 is 19.6 Å². The number of halogens is 1. The molecule has 34 heavy (non-hydrogen) atoms. The van der Waals surface area contributed by atoms with E-state index >= 15 is 0 Å². The number of carbonyl (C=O) groups is 1. The molecule has 1 aromatic heterocycles. The van der Waals surface area contributed by atoms with Crippen LogP contribution in [0.4, 0.5) is 16.5 Å². The normalized spacial score (nSPS) is 14.1. The molecule has 12 heteroatoms. The fraction of sp³-hybridized carbons (Fsp3) is 0.227. The van der Waals surface area contributed by atoms with Gasteiger partial charge in [-0.15, -0.1) is 11.3 Å². The third-order valence-corrected chi connectivity index (χ3v) is 6.56. The highest BCUT2D eigenvalue weighted by molar-refractivity contribution is 9.10. The number of morpholine rings is 1. The van der Waals surface area contributed by atoms with E-state index in [-0.39, 0.29) is 23.4 Å². The first kappa shape index (κ1) is 23.8. The number of benzene rings is 2. The number of aliphatic carboxylic acids is 1. The predicted octanol–water partition coefficient (Wildman–Crippen LogP) is 4.41. The first-order valence-corrected chi connectivity index (χ1v) is 12.0. The average molecular weight is 546 g/mol. The molecule has 0 unspecified atom stereocenters. The van der Waals surface area contributed by atoms with E-state index in [1.807, 2.05) is 23.6 Å². The van der Waals surface area contributed by atoms with E-state index < -0.39 is 10.9 Å². The second-order valence-corrected chi connectivity index (χ2v) is 9.05. The molecule has 3 aromatic rings. The Morgan fingerprint density at radius 2 is 2.06 bits per heavy atom. The van der Waals surface area contributed by atoms with E-state index in [0.29, 0.717) is 24.0 Å². The summed E-state index contributed by atoms with van der Waals surface area (Å²) in [6, 6.07) is 12.0. The molecular weight excluding hydrogens is 526 g/mol. The highest BCUT2D eigenvalue weighted by Crippen LogP contribution is 2.33. The summed E-state index contributed by atoms with van der Waals surface area (Å²) in [7, 11) is 0. The van der Waals surface area contributed by atoms with Gasteiger partial charge in [0.05, 0.1) is 29.5 Å². The van der Waals surface area contributed by atoms with Crippen LogP contribution in [0.15, 0.2) is 57.4 Å². The van der Waals surface area contributed by atoms with Crippen LogP contribution in [0.2, 0.25) is 0 Å². The second-order valence-electron chi connectivity index (χ2n) is 7.34. The zero-order valence-corrected chi connectivity index (χ0v) is 20.2. The SMILES string of the molecule is O=C(O)/C(Cc1ccccc1[N+](=O)[O-])=N\Nc1nc(-c2ccc(N3CCOCC3)c(Br)c2)cs1. The highest BCUT2D eigenvalue weighted by Gasteiger charge is 2.19. The van der Waals surface area contributed by atoms with Crippen LogP contribution in [0.3, 0.4) is 0 Å². The van der Waals surface area contributed by atoms with Gasteiger partial charge in [0, 0.05) is 46.6 Å². The van der Waals surface area contributed by atoms with Gasteiger partial charge in [-0.2, -0.15) is 5.10 Å². The van der Waals surface area contributed by atoms with Crippen LogP contribution < -0.4 is 10.3 Å². The molecule has 0 aliphatic carbocycles. The minimum Gasteiger partial charge on any atom is -0.477 e. The number of nitrogens with zero attached hydrogens (tertiary/aromatic N) is 4. The minimum absolute atomic E-state index is 0.154. The van der Waals surface area contributed by atoms with Gasteiger partial charge in [-0.05, 0) is 28.1 Å². The lowest BCUT2D eigenvalue weighted by Crippen LogP contribution is -2.36. The number of hydrogen-bond acceptors (Lipinski definition) is 9. The molecule has 2 N–H and O–H groups in total. The quantitative estimate of drug-likeness (QED) is 0.241. The molecule has 1 aliphatic rings. The van der Waals surface area contributed by atoms with Gasteiger partial charge in [0.1, 0.15) is 5.71 Å². The van der Waals surface area contributed by atoms with Crippen molar-refractivity contribution >= 4 is 55.5 Å². The summed E-state index contributed by atoms with van der Waals surface area (Å²) in [6.45, 7) is 3.06. The third-order valence-electron chi connectivity index (χ3n) is 5.18. The fourth-order valence-electron chi connectivity index (χ4n) is 3.48. The number of anilines is 2. The minimum atomic E-state index is -1.27. The summed E-state index contributed by atoms with van der Waals surface area (Å²) in [5.41, 5.74) is 5.23. The fourth-order valence-corrected chi connectivity index (χ4v) is 4.77. The van der Waals surface area contributed by atoms with Crippen LogP contribution >= 0.6 is 27.3 Å². The molecule has 2 heterocycles.